The van der Waals surface area contributed by atoms with Crippen molar-refractivity contribution in [3.63, 3.8) is 0 Å². The van der Waals surface area contributed by atoms with Crippen LogP contribution in [0, 0.1) is 6.92 Å². The molecule has 0 radical (unpaired) electrons. The molecule has 0 aromatic carbocycles. The first-order chi connectivity index (χ1) is 6.27. The van der Waals surface area contributed by atoms with Crippen LogP contribution in [-0.4, -0.2) is 5.78 Å². The molecule has 2 rings (SSSR count). The van der Waals surface area contributed by atoms with Crippen LogP contribution < -0.4 is 0 Å². The van der Waals surface area contributed by atoms with E-state index in [1.54, 1.807) is 19.1 Å². The molecular formula is C10H8O3. The Labute approximate surface area is 75.0 Å². The number of furan rings is 2. The summed E-state index contributed by atoms with van der Waals surface area (Å²) < 4.78 is 9.84. The van der Waals surface area contributed by atoms with Gasteiger partial charge in [-0.05, 0) is 19.1 Å². The van der Waals surface area contributed by atoms with Crippen molar-refractivity contribution in [2.45, 2.75) is 6.92 Å². The average Bonchev–Trinajstić information content (AvgIpc) is 2.72. The second-order valence-electron chi connectivity index (χ2n) is 2.79. The van der Waals surface area contributed by atoms with Gasteiger partial charge in [-0.2, -0.15) is 0 Å². The van der Waals surface area contributed by atoms with Gasteiger partial charge in [0.1, 0.15) is 18.3 Å². The Morgan fingerprint density at radius 2 is 2.15 bits per heavy atom. The summed E-state index contributed by atoms with van der Waals surface area (Å²) in [5.41, 5.74) is 1.10. The molecule has 2 aromatic rings. The molecule has 0 aliphatic carbocycles. The highest BCUT2D eigenvalue weighted by Gasteiger charge is 2.11. The van der Waals surface area contributed by atoms with Crippen LogP contribution in [0.15, 0.2) is 39.8 Å². The lowest BCUT2D eigenvalue weighted by atomic mass is 10.1. The highest BCUT2D eigenvalue weighted by atomic mass is 16.3. The maximum Gasteiger partial charge on any atom is 0.199 e. The second-order valence-corrected chi connectivity index (χ2v) is 2.79. The largest absolute Gasteiger partial charge is 0.472 e. The summed E-state index contributed by atoms with van der Waals surface area (Å²) in [6.07, 6.45) is 4.34. The van der Waals surface area contributed by atoms with Gasteiger partial charge in [0, 0.05) is 0 Å². The molecule has 0 aliphatic heterocycles. The van der Waals surface area contributed by atoms with E-state index in [9.17, 15) is 4.79 Å². The Morgan fingerprint density at radius 1 is 1.31 bits per heavy atom. The molecule has 2 aromatic heterocycles. The Balaban J connectivity index is 2.33. The fourth-order valence-corrected chi connectivity index (χ4v) is 1.12. The van der Waals surface area contributed by atoms with Crippen molar-refractivity contribution in [1.29, 1.82) is 0 Å². The lowest BCUT2D eigenvalue weighted by molar-refractivity contribution is 0.103. The number of hydrogen-bond acceptors (Lipinski definition) is 3. The summed E-state index contributed by atoms with van der Waals surface area (Å²) in [7, 11) is 0. The van der Waals surface area contributed by atoms with Crippen LogP contribution in [0.1, 0.15) is 21.7 Å². The lowest BCUT2D eigenvalue weighted by Gasteiger charge is -1.88. The highest BCUT2D eigenvalue weighted by Crippen LogP contribution is 2.12. The normalized spacial score (nSPS) is 10.2. The van der Waals surface area contributed by atoms with Crippen molar-refractivity contribution in [3.8, 4) is 0 Å². The van der Waals surface area contributed by atoms with Crippen molar-refractivity contribution in [2.24, 2.45) is 0 Å². The predicted molar refractivity (Wildman–Crippen MR) is 45.6 cm³/mol. The van der Waals surface area contributed by atoms with Crippen LogP contribution in [0.3, 0.4) is 0 Å². The van der Waals surface area contributed by atoms with Crippen molar-refractivity contribution >= 4 is 5.78 Å². The fraction of sp³-hybridized carbons (Fsp3) is 0.100. The molecule has 0 fully saturated rings. The van der Waals surface area contributed by atoms with Crippen LogP contribution >= 0.6 is 0 Å². The standard InChI is InChI=1S/C10H8O3/c1-7-4-9(6-13-7)10(11)8-2-3-12-5-8/h2-6H,1H3. The predicted octanol–water partition coefficient (Wildman–Crippen LogP) is 2.41. The molecule has 0 saturated heterocycles. The molecule has 3 nitrogen and oxygen atoms in total. The molecule has 66 valence electrons. The van der Waals surface area contributed by atoms with E-state index in [-0.39, 0.29) is 5.78 Å². The number of aryl methyl sites for hydroxylation is 1. The van der Waals surface area contributed by atoms with Gasteiger partial charge in [0.15, 0.2) is 5.78 Å². The summed E-state index contributed by atoms with van der Waals surface area (Å²) >= 11 is 0. The fourth-order valence-electron chi connectivity index (χ4n) is 1.12. The summed E-state index contributed by atoms with van der Waals surface area (Å²) in [6, 6.07) is 3.33. The van der Waals surface area contributed by atoms with E-state index in [1.807, 2.05) is 0 Å². The number of rotatable bonds is 2. The number of carbonyl (C=O) groups is 1. The maximum atomic E-state index is 11.6. The topological polar surface area (TPSA) is 43.4 Å². The van der Waals surface area contributed by atoms with E-state index in [0.717, 1.165) is 5.76 Å². The molecular weight excluding hydrogens is 168 g/mol. The summed E-state index contributed by atoms with van der Waals surface area (Å²) in [6.45, 7) is 1.80. The van der Waals surface area contributed by atoms with Crippen LogP contribution in [0.25, 0.3) is 0 Å². The Kier molecular flexibility index (Phi) is 1.77. The molecule has 0 spiro atoms. The van der Waals surface area contributed by atoms with Gasteiger partial charge < -0.3 is 8.83 Å². The first-order valence-corrected chi connectivity index (χ1v) is 3.89. The third-order valence-electron chi connectivity index (χ3n) is 1.78. The van der Waals surface area contributed by atoms with Gasteiger partial charge >= 0.3 is 0 Å². The summed E-state index contributed by atoms with van der Waals surface area (Å²) in [5.74, 6) is 0.650. The molecule has 0 aliphatic rings. The van der Waals surface area contributed by atoms with E-state index >= 15 is 0 Å². The van der Waals surface area contributed by atoms with Gasteiger partial charge in [-0.1, -0.05) is 0 Å². The first kappa shape index (κ1) is 7.86. The highest BCUT2D eigenvalue weighted by molar-refractivity contribution is 6.08. The molecule has 3 heteroatoms. The molecule has 0 bridgehead atoms. The zero-order valence-corrected chi connectivity index (χ0v) is 7.11. The molecule has 13 heavy (non-hydrogen) atoms. The van der Waals surface area contributed by atoms with E-state index in [1.165, 1.54) is 18.8 Å². The quantitative estimate of drug-likeness (QED) is 0.660. The van der Waals surface area contributed by atoms with E-state index in [2.05, 4.69) is 0 Å². The third-order valence-corrected chi connectivity index (χ3v) is 1.78. The van der Waals surface area contributed by atoms with Crippen molar-refractivity contribution in [3.05, 3.63) is 47.8 Å². The number of hydrogen-bond donors (Lipinski definition) is 0. The van der Waals surface area contributed by atoms with E-state index in [0.29, 0.717) is 11.1 Å². The third kappa shape index (κ3) is 1.40. The van der Waals surface area contributed by atoms with E-state index < -0.39 is 0 Å². The Morgan fingerprint density at radius 3 is 2.69 bits per heavy atom. The smallest absolute Gasteiger partial charge is 0.199 e. The SMILES string of the molecule is Cc1cc(C(=O)c2ccoc2)co1. The zero-order chi connectivity index (χ0) is 9.26. The van der Waals surface area contributed by atoms with Crippen molar-refractivity contribution in [1.82, 2.24) is 0 Å². The van der Waals surface area contributed by atoms with E-state index in [4.69, 9.17) is 8.83 Å². The molecule has 0 N–H and O–H groups in total. The first-order valence-electron chi connectivity index (χ1n) is 3.89. The summed E-state index contributed by atoms with van der Waals surface area (Å²) in [5, 5.41) is 0. The molecule has 0 atom stereocenters. The van der Waals surface area contributed by atoms with Gasteiger partial charge in [0.25, 0.3) is 0 Å². The van der Waals surface area contributed by atoms with Crippen LogP contribution in [0.4, 0.5) is 0 Å². The Hall–Kier alpha value is -1.77. The van der Waals surface area contributed by atoms with Gasteiger partial charge in [-0.3, -0.25) is 4.79 Å². The maximum absolute atomic E-state index is 11.6. The zero-order valence-electron chi connectivity index (χ0n) is 7.11. The lowest BCUT2D eigenvalue weighted by Crippen LogP contribution is -1.96. The van der Waals surface area contributed by atoms with Crippen LogP contribution in [0.5, 0.6) is 0 Å². The molecule has 2 heterocycles. The average molecular weight is 176 g/mol. The molecule has 0 amide bonds. The minimum atomic E-state index is -0.0781. The molecule has 0 unspecified atom stereocenters. The van der Waals surface area contributed by atoms with Gasteiger partial charge in [-0.15, -0.1) is 0 Å². The molecule has 0 saturated carbocycles. The summed E-state index contributed by atoms with van der Waals surface area (Å²) in [4.78, 5) is 11.6. The minimum Gasteiger partial charge on any atom is -0.472 e. The van der Waals surface area contributed by atoms with Crippen molar-refractivity contribution in [2.75, 3.05) is 0 Å². The van der Waals surface area contributed by atoms with Gasteiger partial charge in [0.2, 0.25) is 0 Å². The second kappa shape index (κ2) is 2.94. The van der Waals surface area contributed by atoms with Crippen molar-refractivity contribution < 1.29 is 13.6 Å². The van der Waals surface area contributed by atoms with Crippen LogP contribution in [-0.2, 0) is 0 Å². The number of carbonyl (C=O) groups excluding carboxylic acids is 1. The van der Waals surface area contributed by atoms with Crippen LogP contribution in [0.2, 0.25) is 0 Å². The number of ketones is 1. The van der Waals surface area contributed by atoms with Gasteiger partial charge in [0.05, 0.1) is 17.4 Å². The minimum absolute atomic E-state index is 0.0781. The van der Waals surface area contributed by atoms with Gasteiger partial charge in [-0.25, -0.2) is 0 Å². The monoisotopic (exact) mass is 176 g/mol. The Bertz CT molecular complexity index is 409.